The van der Waals surface area contributed by atoms with E-state index in [2.05, 4.69) is 39.5 Å². The zero-order valence-corrected chi connectivity index (χ0v) is 13.3. The van der Waals surface area contributed by atoms with Crippen LogP contribution < -0.4 is 0 Å². The molecule has 3 nitrogen and oxygen atoms in total. The van der Waals surface area contributed by atoms with Crippen LogP contribution in [0.1, 0.15) is 60.3 Å². The fourth-order valence-electron chi connectivity index (χ4n) is 3.07. The molecule has 1 aliphatic carbocycles. The van der Waals surface area contributed by atoms with Gasteiger partial charge in [0, 0.05) is 19.1 Å². The van der Waals surface area contributed by atoms with E-state index in [1.54, 1.807) is 0 Å². The molecule has 0 bridgehead atoms. The number of hydrogen-bond donors (Lipinski definition) is 1. The third-order valence-corrected chi connectivity index (χ3v) is 4.52. The van der Waals surface area contributed by atoms with Crippen molar-refractivity contribution in [2.24, 2.45) is 17.3 Å². The zero-order chi connectivity index (χ0) is 14.6. The Hall–Kier alpha value is -0.570. The maximum Gasteiger partial charge on any atom is 0.310 e. The van der Waals surface area contributed by atoms with Crippen molar-refractivity contribution in [1.82, 2.24) is 4.90 Å². The fraction of sp³-hybridized carbons (Fsp3) is 0.938. The predicted octanol–water partition coefficient (Wildman–Crippen LogP) is 3.63. The summed E-state index contributed by atoms with van der Waals surface area (Å²) in [6.07, 6.45) is 3.79. The quantitative estimate of drug-likeness (QED) is 0.800. The smallest absolute Gasteiger partial charge is 0.310 e. The molecule has 0 spiro atoms. The first-order chi connectivity index (χ1) is 8.77. The Morgan fingerprint density at radius 3 is 2.16 bits per heavy atom. The van der Waals surface area contributed by atoms with Crippen LogP contribution in [0.2, 0.25) is 0 Å². The molecule has 0 saturated heterocycles. The molecular formula is C16H31NO2. The first-order valence-corrected chi connectivity index (χ1v) is 7.74. The molecule has 0 unspecified atom stereocenters. The van der Waals surface area contributed by atoms with Gasteiger partial charge < -0.3 is 5.11 Å². The number of rotatable bonds is 6. The Kier molecular flexibility index (Phi) is 5.84. The Labute approximate surface area is 118 Å². The van der Waals surface area contributed by atoms with Crippen molar-refractivity contribution >= 4 is 5.97 Å². The highest BCUT2D eigenvalue weighted by atomic mass is 16.4. The number of nitrogens with zero attached hydrogens (tertiary/aromatic N) is 1. The van der Waals surface area contributed by atoms with Crippen molar-refractivity contribution in [1.29, 1.82) is 0 Å². The molecule has 0 aromatic heterocycles. The summed E-state index contributed by atoms with van der Waals surface area (Å²) >= 11 is 0. The van der Waals surface area contributed by atoms with Gasteiger partial charge in [0.1, 0.15) is 0 Å². The summed E-state index contributed by atoms with van der Waals surface area (Å²) < 4.78 is 0. The molecule has 1 saturated carbocycles. The van der Waals surface area contributed by atoms with Crippen molar-refractivity contribution in [3.8, 4) is 0 Å². The second kappa shape index (κ2) is 6.74. The molecule has 0 aromatic rings. The summed E-state index contributed by atoms with van der Waals surface area (Å²) in [5, 5.41) is 9.71. The van der Waals surface area contributed by atoms with Gasteiger partial charge in [-0.1, -0.05) is 20.8 Å². The van der Waals surface area contributed by atoms with Crippen molar-refractivity contribution < 1.29 is 9.90 Å². The number of carbonyl (C=O) groups is 1. The molecule has 1 fully saturated rings. The summed E-state index contributed by atoms with van der Waals surface area (Å²) in [5.41, 5.74) is -0.508. The van der Waals surface area contributed by atoms with E-state index in [9.17, 15) is 9.90 Å². The fourth-order valence-corrected chi connectivity index (χ4v) is 3.07. The summed E-state index contributed by atoms with van der Waals surface area (Å²) in [6, 6.07) is 0.415. The van der Waals surface area contributed by atoms with Gasteiger partial charge in [-0.15, -0.1) is 0 Å². The number of hydrogen-bond acceptors (Lipinski definition) is 2. The molecule has 0 radical (unpaired) electrons. The highest BCUT2D eigenvalue weighted by Crippen LogP contribution is 2.40. The SMILES string of the molecule is CC(C)CN(CC1(C(=O)O)CCC(C)CC1)C(C)C. The van der Waals surface area contributed by atoms with Gasteiger partial charge in [-0.3, -0.25) is 9.69 Å². The first-order valence-electron chi connectivity index (χ1n) is 7.74. The molecule has 0 aliphatic heterocycles. The predicted molar refractivity (Wildman–Crippen MR) is 79.2 cm³/mol. The lowest BCUT2D eigenvalue weighted by atomic mass is 9.70. The molecule has 1 N–H and O–H groups in total. The Morgan fingerprint density at radius 2 is 1.79 bits per heavy atom. The Morgan fingerprint density at radius 1 is 1.26 bits per heavy atom. The number of carboxylic acids is 1. The van der Waals surface area contributed by atoms with Gasteiger partial charge in [0.15, 0.2) is 0 Å². The highest BCUT2D eigenvalue weighted by molar-refractivity contribution is 5.75. The zero-order valence-electron chi connectivity index (χ0n) is 13.3. The highest BCUT2D eigenvalue weighted by Gasteiger charge is 2.42. The normalized spacial score (nSPS) is 28.3. The minimum Gasteiger partial charge on any atom is -0.481 e. The lowest BCUT2D eigenvalue weighted by molar-refractivity contribution is -0.153. The maximum atomic E-state index is 11.8. The van der Waals surface area contributed by atoms with Gasteiger partial charge in [0.25, 0.3) is 0 Å². The molecule has 3 heteroatoms. The minimum absolute atomic E-state index is 0.415. The standard InChI is InChI=1S/C16H31NO2/c1-12(2)10-17(13(3)4)11-16(15(18)19)8-6-14(5)7-9-16/h12-14H,6-11H2,1-5H3,(H,18,19). The Bertz CT molecular complexity index is 291. The van der Waals surface area contributed by atoms with E-state index in [-0.39, 0.29) is 0 Å². The van der Waals surface area contributed by atoms with Crippen molar-refractivity contribution in [2.45, 2.75) is 66.3 Å². The van der Waals surface area contributed by atoms with E-state index in [0.29, 0.717) is 24.4 Å². The van der Waals surface area contributed by atoms with Crippen molar-refractivity contribution in [2.75, 3.05) is 13.1 Å². The average molecular weight is 269 g/mol. The van der Waals surface area contributed by atoms with E-state index < -0.39 is 11.4 Å². The Balaban J connectivity index is 2.79. The second-order valence-electron chi connectivity index (χ2n) is 7.19. The molecule has 112 valence electrons. The molecule has 19 heavy (non-hydrogen) atoms. The number of carboxylic acid groups (broad SMARTS) is 1. The van der Waals surface area contributed by atoms with Gasteiger partial charge >= 0.3 is 5.97 Å². The largest absolute Gasteiger partial charge is 0.481 e. The first kappa shape index (κ1) is 16.5. The average Bonchev–Trinajstić information content (AvgIpc) is 2.30. The molecule has 0 amide bonds. The van der Waals surface area contributed by atoms with Crippen LogP contribution in [0.25, 0.3) is 0 Å². The van der Waals surface area contributed by atoms with E-state index in [1.807, 2.05) is 0 Å². The van der Waals surface area contributed by atoms with Crippen LogP contribution in [0.3, 0.4) is 0 Å². The van der Waals surface area contributed by atoms with Gasteiger partial charge in [0.2, 0.25) is 0 Å². The van der Waals surface area contributed by atoms with Crippen molar-refractivity contribution in [3.05, 3.63) is 0 Å². The van der Waals surface area contributed by atoms with Gasteiger partial charge in [-0.25, -0.2) is 0 Å². The summed E-state index contributed by atoms with van der Waals surface area (Å²) in [7, 11) is 0. The van der Waals surface area contributed by atoms with Crippen LogP contribution in [0.15, 0.2) is 0 Å². The molecule has 0 heterocycles. The van der Waals surface area contributed by atoms with E-state index >= 15 is 0 Å². The topological polar surface area (TPSA) is 40.5 Å². The van der Waals surface area contributed by atoms with E-state index in [0.717, 1.165) is 32.2 Å². The van der Waals surface area contributed by atoms with Crippen molar-refractivity contribution in [3.63, 3.8) is 0 Å². The molecule has 1 rings (SSSR count). The molecule has 0 aromatic carbocycles. The van der Waals surface area contributed by atoms with Crippen LogP contribution in [-0.2, 0) is 4.79 Å². The van der Waals surface area contributed by atoms with Crippen LogP contribution in [0.5, 0.6) is 0 Å². The van der Waals surface area contributed by atoms with E-state index in [4.69, 9.17) is 0 Å². The lowest BCUT2D eigenvalue weighted by Gasteiger charge is -2.41. The van der Waals surface area contributed by atoms with Gasteiger partial charge in [-0.05, 0) is 51.4 Å². The number of aliphatic carboxylic acids is 1. The van der Waals surface area contributed by atoms with Crippen LogP contribution in [0.4, 0.5) is 0 Å². The summed E-state index contributed by atoms with van der Waals surface area (Å²) in [5.74, 6) is 0.676. The van der Waals surface area contributed by atoms with Crippen LogP contribution in [-0.4, -0.2) is 35.1 Å². The van der Waals surface area contributed by atoms with Crippen LogP contribution in [0, 0.1) is 17.3 Å². The maximum absolute atomic E-state index is 11.8. The third kappa shape index (κ3) is 4.48. The van der Waals surface area contributed by atoms with E-state index in [1.165, 1.54) is 0 Å². The monoisotopic (exact) mass is 269 g/mol. The summed E-state index contributed by atoms with van der Waals surface area (Å²) in [4.78, 5) is 14.2. The summed E-state index contributed by atoms with van der Waals surface area (Å²) in [6.45, 7) is 12.7. The second-order valence-corrected chi connectivity index (χ2v) is 7.19. The minimum atomic E-state index is -0.589. The van der Waals surface area contributed by atoms with Crippen LogP contribution >= 0.6 is 0 Å². The lowest BCUT2D eigenvalue weighted by Crippen LogP contribution is -2.48. The third-order valence-electron chi connectivity index (χ3n) is 4.52. The van der Waals surface area contributed by atoms with Gasteiger partial charge in [-0.2, -0.15) is 0 Å². The molecule has 0 atom stereocenters. The molecular weight excluding hydrogens is 238 g/mol. The van der Waals surface area contributed by atoms with Gasteiger partial charge in [0.05, 0.1) is 5.41 Å². The molecule has 1 aliphatic rings.